The van der Waals surface area contributed by atoms with Crippen LogP contribution >= 0.6 is 0 Å². The molecule has 2 aliphatic heterocycles. The molecule has 1 saturated heterocycles. The van der Waals surface area contributed by atoms with Crippen molar-refractivity contribution in [2.24, 2.45) is 0 Å². The fraction of sp³-hybridized carbons (Fsp3) is 0.345. The van der Waals surface area contributed by atoms with Crippen LogP contribution in [0.5, 0.6) is 0 Å². The molecule has 40 heavy (non-hydrogen) atoms. The van der Waals surface area contributed by atoms with Crippen molar-refractivity contribution >= 4 is 25.8 Å². The van der Waals surface area contributed by atoms with Gasteiger partial charge in [-0.1, -0.05) is 54.1 Å². The van der Waals surface area contributed by atoms with Crippen molar-refractivity contribution in [1.82, 2.24) is 9.62 Å². The van der Waals surface area contributed by atoms with Gasteiger partial charge in [0, 0.05) is 25.3 Å². The maximum absolute atomic E-state index is 14.0. The summed E-state index contributed by atoms with van der Waals surface area (Å²) in [5.74, 6) is -0.771. The van der Waals surface area contributed by atoms with Crippen molar-refractivity contribution in [3.8, 4) is 0 Å². The summed E-state index contributed by atoms with van der Waals surface area (Å²) < 4.78 is 73.7. The normalized spacial score (nSPS) is 23.4. The molecule has 1 amide bonds. The number of halogens is 1. The number of rotatable bonds is 6. The van der Waals surface area contributed by atoms with E-state index in [0.717, 1.165) is 28.5 Å². The predicted octanol–water partition coefficient (Wildman–Crippen LogP) is 3.16. The van der Waals surface area contributed by atoms with E-state index in [1.807, 2.05) is 31.2 Å². The van der Waals surface area contributed by atoms with Gasteiger partial charge in [0.1, 0.15) is 17.2 Å². The highest BCUT2D eigenvalue weighted by atomic mass is 32.2. The second-order valence-electron chi connectivity index (χ2n) is 10.4. The van der Waals surface area contributed by atoms with Gasteiger partial charge in [-0.2, -0.15) is 0 Å². The summed E-state index contributed by atoms with van der Waals surface area (Å²) in [5.41, 5.74) is 3.59. The molecule has 0 bridgehead atoms. The molecule has 3 aromatic rings. The number of nitrogens with one attached hydrogen (secondary N) is 1. The van der Waals surface area contributed by atoms with Crippen LogP contribution in [0.1, 0.15) is 34.7 Å². The number of benzene rings is 3. The molecule has 1 N–H and O–H groups in total. The number of sulfonamides is 1. The van der Waals surface area contributed by atoms with Crippen molar-refractivity contribution in [1.29, 1.82) is 0 Å². The standard InChI is InChI=1S/C29H31FN2O6S2/c1-19-7-13-23(14-8-19)40(36,37)31-25-17-26(38-18-27(25)39(2,34)35)29(33)32-16-15-20-5-3-4-6-24(20)28(32)21-9-11-22(30)12-10-21/h3-14,25-28,31H,15-18H2,1-2H3/t25-,26+,27-,28-/m0/s1. The highest BCUT2D eigenvalue weighted by molar-refractivity contribution is 7.91. The van der Waals surface area contributed by atoms with E-state index in [4.69, 9.17) is 4.74 Å². The first-order chi connectivity index (χ1) is 18.9. The molecular weight excluding hydrogens is 555 g/mol. The Morgan fingerprint density at radius 3 is 2.33 bits per heavy atom. The Bertz CT molecular complexity index is 1610. The van der Waals surface area contributed by atoms with Gasteiger partial charge in [0.15, 0.2) is 9.84 Å². The third-order valence-electron chi connectivity index (χ3n) is 7.59. The smallest absolute Gasteiger partial charge is 0.252 e. The van der Waals surface area contributed by atoms with Crippen LogP contribution < -0.4 is 4.72 Å². The molecule has 0 saturated carbocycles. The zero-order valence-corrected chi connectivity index (χ0v) is 23.8. The van der Waals surface area contributed by atoms with Crippen molar-refractivity contribution in [2.45, 2.75) is 48.1 Å². The number of hydrogen-bond donors (Lipinski definition) is 1. The summed E-state index contributed by atoms with van der Waals surface area (Å²) in [6, 6.07) is 18.3. The number of hydrogen-bond acceptors (Lipinski definition) is 6. The quantitative estimate of drug-likeness (QED) is 0.475. The number of sulfone groups is 1. The van der Waals surface area contributed by atoms with Crippen molar-refractivity contribution in [2.75, 3.05) is 19.4 Å². The van der Waals surface area contributed by atoms with E-state index in [2.05, 4.69) is 4.72 Å². The summed E-state index contributed by atoms with van der Waals surface area (Å²) in [6.45, 7) is 1.87. The van der Waals surface area contributed by atoms with E-state index in [-0.39, 0.29) is 23.8 Å². The summed E-state index contributed by atoms with van der Waals surface area (Å²) >= 11 is 0. The third kappa shape index (κ3) is 5.83. The Balaban J connectivity index is 1.45. The molecule has 0 unspecified atom stereocenters. The molecule has 8 nitrogen and oxygen atoms in total. The Hall–Kier alpha value is -3.12. The lowest BCUT2D eigenvalue weighted by atomic mass is 9.87. The molecule has 2 heterocycles. The van der Waals surface area contributed by atoms with E-state index in [9.17, 15) is 26.0 Å². The van der Waals surface area contributed by atoms with Gasteiger partial charge in [0.2, 0.25) is 10.0 Å². The van der Waals surface area contributed by atoms with Crippen LogP contribution in [0.4, 0.5) is 4.39 Å². The molecule has 1 fully saturated rings. The average Bonchev–Trinajstić information content (AvgIpc) is 2.92. The molecule has 3 aromatic carbocycles. The number of ether oxygens (including phenoxy) is 1. The minimum atomic E-state index is -4.07. The van der Waals surface area contributed by atoms with Crippen LogP contribution in [0.3, 0.4) is 0 Å². The van der Waals surface area contributed by atoms with Gasteiger partial charge in [-0.25, -0.2) is 25.9 Å². The van der Waals surface area contributed by atoms with E-state index in [1.54, 1.807) is 29.2 Å². The largest absolute Gasteiger partial charge is 0.367 e. The first kappa shape index (κ1) is 28.4. The van der Waals surface area contributed by atoms with Crippen LogP contribution in [0.15, 0.2) is 77.7 Å². The first-order valence-corrected chi connectivity index (χ1v) is 16.4. The van der Waals surface area contributed by atoms with E-state index >= 15 is 0 Å². The van der Waals surface area contributed by atoms with Gasteiger partial charge >= 0.3 is 0 Å². The second kappa shape index (κ2) is 11.0. The number of aryl methyl sites for hydroxylation is 1. The summed E-state index contributed by atoms with van der Waals surface area (Å²) in [7, 11) is -7.79. The molecule has 212 valence electrons. The Morgan fingerprint density at radius 2 is 1.65 bits per heavy atom. The summed E-state index contributed by atoms with van der Waals surface area (Å²) in [4.78, 5) is 15.7. The van der Waals surface area contributed by atoms with Crippen LogP contribution in [0.25, 0.3) is 0 Å². The Morgan fingerprint density at radius 1 is 0.975 bits per heavy atom. The molecule has 0 aliphatic carbocycles. The Labute approximate surface area is 234 Å². The number of carbonyl (C=O) groups is 1. The average molecular weight is 587 g/mol. The van der Waals surface area contributed by atoms with Crippen LogP contribution in [0, 0.1) is 12.7 Å². The predicted molar refractivity (Wildman–Crippen MR) is 148 cm³/mol. The highest BCUT2D eigenvalue weighted by Gasteiger charge is 2.44. The third-order valence-corrected chi connectivity index (χ3v) is 10.7. The van der Waals surface area contributed by atoms with Gasteiger partial charge in [-0.05, 0) is 54.3 Å². The van der Waals surface area contributed by atoms with Crippen LogP contribution in [0.2, 0.25) is 0 Å². The highest BCUT2D eigenvalue weighted by Crippen LogP contribution is 2.37. The summed E-state index contributed by atoms with van der Waals surface area (Å²) in [6.07, 6.45) is 0.400. The molecule has 2 aliphatic rings. The minimum absolute atomic E-state index is 0.00345. The van der Waals surface area contributed by atoms with Crippen molar-refractivity contribution in [3.63, 3.8) is 0 Å². The van der Waals surface area contributed by atoms with Gasteiger partial charge < -0.3 is 9.64 Å². The molecule has 0 radical (unpaired) electrons. The molecule has 0 aromatic heterocycles. The molecule has 5 rings (SSSR count). The van der Waals surface area contributed by atoms with Gasteiger partial charge in [0.05, 0.1) is 17.5 Å². The van der Waals surface area contributed by atoms with Gasteiger partial charge in [0.25, 0.3) is 5.91 Å². The maximum atomic E-state index is 14.0. The van der Waals surface area contributed by atoms with Crippen molar-refractivity contribution < 1.29 is 30.8 Å². The van der Waals surface area contributed by atoms with E-state index < -0.39 is 49.1 Å². The lowest BCUT2D eigenvalue weighted by Gasteiger charge is -2.42. The molecular formula is C29H31FN2O6S2. The van der Waals surface area contributed by atoms with Gasteiger partial charge in [-0.3, -0.25) is 4.79 Å². The first-order valence-electron chi connectivity index (χ1n) is 13.0. The fourth-order valence-electron chi connectivity index (χ4n) is 5.47. The maximum Gasteiger partial charge on any atom is 0.252 e. The lowest BCUT2D eigenvalue weighted by molar-refractivity contribution is -0.149. The van der Waals surface area contributed by atoms with E-state index in [0.29, 0.717) is 13.0 Å². The van der Waals surface area contributed by atoms with E-state index in [1.165, 1.54) is 24.3 Å². The molecule has 11 heteroatoms. The Kier molecular flexibility index (Phi) is 7.84. The zero-order chi connectivity index (χ0) is 28.7. The lowest BCUT2D eigenvalue weighted by Crippen LogP contribution is -2.57. The van der Waals surface area contributed by atoms with Crippen LogP contribution in [-0.2, 0) is 35.8 Å². The molecule has 0 spiro atoms. The second-order valence-corrected chi connectivity index (χ2v) is 14.4. The zero-order valence-electron chi connectivity index (χ0n) is 22.2. The number of fused-ring (bicyclic) bond motifs is 1. The monoisotopic (exact) mass is 586 g/mol. The molecule has 4 atom stereocenters. The number of nitrogens with zero attached hydrogens (tertiary/aromatic N) is 1. The fourth-order valence-corrected chi connectivity index (χ4v) is 7.95. The van der Waals surface area contributed by atoms with Crippen LogP contribution in [-0.4, -0.2) is 64.4 Å². The number of carbonyl (C=O) groups excluding carboxylic acids is 1. The number of amides is 1. The minimum Gasteiger partial charge on any atom is -0.367 e. The van der Waals surface area contributed by atoms with Crippen molar-refractivity contribution in [3.05, 3.63) is 101 Å². The van der Waals surface area contributed by atoms with Gasteiger partial charge in [-0.15, -0.1) is 0 Å². The topological polar surface area (TPSA) is 110 Å². The SMILES string of the molecule is Cc1ccc(S(=O)(=O)N[C@H]2C[C@H](C(=O)N3CCc4ccccc4[C@@H]3c3ccc(F)cc3)OC[C@@H]2S(C)(=O)=O)cc1. The summed E-state index contributed by atoms with van der Waals surface area (Å²) in [5, 5.41) is -1.16.